The Balaban J connectivity index is 1.79. The second kappa shape index (κ2) is 6.05. The summed E-state index contributed by atoms with van der Waals surface area (Å²) >= 11 is 3.76. The van der Waals surface area contributed by atoms with Crippen molar-refractivity contribution in [2.24, 2.45) is 5.41 Å². The Kier molecular flexibility index (Phi) is 4.34. The minimum Gasteiger partial charge on any atom is -0.370 e. The Morgan fingerprint density at radius 2 is 1.90 bits per heavy atom. The van der Waals surface area contributed by atoms with Crippen LogP contribution in [0, 0.1) is 11.2 Å². The van der Waals surface area contributed by atoms with Gasteiger partial charge in [-0.05, 0) is 42.4 Å². The summed E-state index contributed by atoms with van der Waals surface area (Å²) in [6.07, 6.45) is 9.11. The molecule has 3 heteroatoms. The molecule has 20 heavy (non-hydrogen) atoms. The predicted molar refractivity (Wildman–Crippen MR) is 86.2 cm³/mol. The lowest BCUT2D eigenvalue weighted by Crippen LogP contribution is -2.38. The third-order valence-corrected chi connectivity index (χ3v) is 6.20. The van der Waals surface area contributed by atoms with Gasteiger partial charge in [-0.25, -0.2) is 4.39 Å². The Bertz CT molecular complexity index is 466. The summed E-state index contributed by atoms with van der Waals surface area (Å²) in [6, 6.07) is 5.27. The van der Waals surface area contributed by atoms with E-state index < -0.39 is 0 Å². The lowest BCUT2D eigenvalue weighted by molar-refractivity contribution is 0.292. The van der Waals surface area contributed by atoms with Gasteiger partial charge in [0.05, 0.1) is 0 Å². The molecule has 0 N–H and O–H groups in total. The molecular formula is C17H23BrFN. The van der Waals surface area contributed by atoms with Crippen LogP contribution in [0.3, 0.4) is 0 Å². The number of halogens is 2. The third-order valence-electron chi connectivity index (χ3n) is 5.01. The van der Waals surface area contributed by atoms with Crippen LogP contribution in [-0.4, -0.2) is 18.4 Å². The number of benzene rings is 1. The van der Waals surface area contributed by atoms with Crippen LogP contribution < -0.4 is 4.90 Å². The van der Waals surface area contributed by atoms with Gasteiger partial charge in [0, 0.05) is 24.1 Å². The van der Waals surface area contributed by atoms with E-state index in [1.54, 1.807) is 12.1 Å². The summed E-state index contributed by atoms with van der Waals surface area (Å²) < 4.78 is 13.5. The highest BCUT2D eigenvalue weighted by molar-refractivity contribution is 9.09. The van der Waals surface area contributed by atoms with Crippen molar-refractivity contribution >= 4 is 21.6 Å². The molecule has 1 aliphatic heterocycles. The molecule has 1 heterocycles. The SMILES string of the molecule is Fc1ccc2c(c1)N(CC1(CBr)CCCCCC1)CC2. The van der Waals surface area contributed by atoms with Crippen LogP contribution in [0.5, 0.6) is 0 Å². The molecule has 0 spiro atoms. The van der Waals surface area contributed by atoms with E-state index in [-0.39, 0.29) is 5.82 Å². The van der Waals surface area contributed by atoms with E-state index in [0.29, 0.717) is 5.41 Å². The minimum absolute atomic E-state index is 0.107. The van der Waals surface area contributed by atoms with E-state index in [0.717, 1.165) is 30.5 Å². The highest BCUT2D eigenvalue weighted by Crippen LogP contribution is 2.40. The van der Waals surface area contributed by atoms with Crippen LogP contribution in [0.1, 0.15) is 44.1 Å². The summed E-state index contributed by atoms with van der Waals surface area (Å²) in [7, 11) is 0. The number of nitrogens with zero attached hydrogens (tertiary/aromatic N) is 1. The van der Waals surface area contributed by atoms with Crippen molar-refractivity contribution in [1.82, 2.24) is 0 Å². The molecule has 1 nitrogen and oxygen atoms in total. The summed E-state index contributed by atoms with van der Waals surface area (Å²) in [5.41, 5.74) is 2.82. The van der Waals surface area contributed by atoms with Crippen LogP contribution >= 0.6 is 15.9 Å². The summed E-state index contributed by atoms with van der Waals surface area (Å²) in [5.74, 6) is -0.107. The van der Waals surface area contributed by atoms with Crippen molar-refractivity contribution in [2.75, 3.05) is 23.3 Å². The molecule has 0 bridgehead atoms. The van der Waals surface area contributed by atoms with Crippen molar-refractivity contribution in [3.05, 3.63) is 29.6 Å². The molecule has 110 valence electrons. The maximum absolute atomic E-state index is 13.5. The fourth-order valence-electron chi connectivity index (χ4n) is 3.80. The lowest BCUT2D eigenvalue weighted by atomic mass is 9.82. The molecular weight excluding hydrogens is 317 g/mol. The molecule has 0 saturated heterocycles. The van der Waals surface area contributed by atoms with Gasteiger partial charge in [-0.1, -0.05) is 47.7 Å². The second-order valence-corrected chi connectivity index (χ2v) is 7.05. The Morgan fingerprint density at radius 1 is 1.15 bits per heavy atom. The van der Waals surface area contributed by atoms with Crippen molar-refractivity contribution in [3.63, 3.8) is 0 Å². The van der Waals surface area contributed by atoms with E-state index in [1.807, 2.05) is 6.07 Å². The van der Waals surface area contributed by atoms with Gasteiger partial charge >= 0.3 is 0 Å². The third kappa shape index (κ3) is 2.88. The monoisotopic (exact) mass is 339 g/mol. The molecule has 0 aromatic heterocycles. The first-order chi connectivity index (χ1) is 9.72. The van der Waals surface area contributed by atoms with E-state index >= 15 is 0 Å². The molecule has 3 rings (SSSR count). The van der Waals surface area contributed by atoms with Gasteiger partial charge in [-0.2, -0.15) is 0 Å². The average molecular weight is 340 g/mol. The molecule has 1 aliphatic carbocycles. The average Bonchev–Trinajstić information content (AvgIpc) is 2.70. The van der Waals surface area contributed by atoms with Crippen LogP contribution in [0.25, 0.3) is 0 Å². The van der Waals surface area contributed by atoms with E-state index in [4.69, 9.17) is 0 Å². The van der Waals surface area contributed by atoms with Gasteiger partial charge in [0.15, 0.2) is 0 Å². The van der Waals surface area contributed by atoms with E-state index in [2.05, 4.69) is 20.8 Å². The molecule has 1 saturated carbocycles. The number of rotatable bonds is 3. The maximum atomic E-state index is 13.5. The zero-order valence-electron chi connectivity index (χ0n) is 12.0. The Labute approximate surface area is 129 Å². The van der Waals surface area contributed by atoms with Crippen molar-refractivity contribution in [2.45, 2.75) is 44.9 Å². The van der Waals surface area contributed by atoms with Crippen LogP contribution in [0.4, 0.5) is 10.1 Å². The number of alkyl halides is 1. The molecule has 0 amide bonds. The Hall–Kier alpha value is -0.570. The van der Waals surface area contributed by atoms with Gasteiger partial charge in [0.25, 0.3) is 0 Å². The second-order valence-electron chi connectivity index (χ2n) is 6.49. The topological polar surface area (TPSA) is 3.24 Å². The number of hydrogen-bond donors (Lipinski definition) is 0. The minimum atomic E-state index is -0.107. The van der Waals surface area contributed by atoms with Crippen LogP contribution in [-0.2, 0) is 6.42 Å². The van der Waals surface area contributed by atoms with Crippen molar-refractivity contribution in [3.8, 4) is 0 Å². The predicted octanol–water partition coefficient (Wildman–Crippen LogP) is 4.92. The van der Waals surface area contributed by atoms with Crippen LogP contribution in [0.2, 0.25) is 0 Å². The van der Waals surface area contributed by atoms with Gasteiger partial charge in [0.1, 0.15) is 5.82 Å². The van der Waals surface area contributed by atoms with Gasteiger partial charge in [0.2, 0.25) is 0 Å². The first-order valence-corrected chi connectivity index (χ1v) is 8.94. The number of hydrogen-bond acceptors (Lipinski definition) is 1. The highest BCUT2D eigenvalue weighted by Gasteiger charge is 2.34. The standard InChI is InChI=1S/C17H23BrFN/c18-12-17(8-3-1-2-4-9-17)13-20-10-7-14-5-6-15(19)11-16(14)20/h5-6,11H,1-4,7-10,12-13H2. The fourth-order valence-corrected chi connectivity index (χ4v) is 4.54. The molecule has 0 atom stereocenters. The number of anilines is 1. The molecule has 2 aliphatic rings. The molecule has 1 aromatic rings. The Morgan fingerprint density at radius 3 is 2.60 bits per heavy atom. The normalized spacial score (nSPS) is 21.6. The van der Waals surface area contributed by atoms with Crippen molar-refractivity contribution in [1.29, 1.82) is 0 Å². The molecule has 0 radical (unpaired) electrons. The van der Waals surface area contributed by atoms with E-state index in [9.17, 15) is 4.39 Å². The first-order valence-electron chi connectivity index (χ1n) is 7.82. The molecule has 1 aromatic carbocycles. The largest absolute Gasteiger partial charge is 0.370 e. The lowest BCUT2D eigenvalue weighted by Gasteiger charge is -2.36. The highest BCUT2D eigenvalue weighted by atomic mass is 79.9. The van der Waals surface area contributed by atoms with E-state index in [1.165, 1.54) is 44.1 Å². The first kappa shape index (κ1) is 14.4. The number of fused-ring (bicyclic) bond motifs is 1. The van der Waals surface area contributed by atoms with Gasteiger partial charge < -0.3 is 4.90 Å². The quantitative estimate of drug-likeness (QED) is 0.557. The summed E-state index contributed by atoms with van der Waals surface area (Å²) in [5, 5.41) is 1.07. The van der Waals surface area contributed by atoms with Crippen LogP contribution in [0.15, 0.2) is 18.2 Å². The summed E-state index contributed by atoms with van der Waals surface area (Å²) in [6.45, 7) is 2.13. The fraction of sp³-hybridized carbons (Fsp3) is 0.647. The van der Waals surface area contributed by atoms with Crippen molar-refractivity contribution < 1.29 is 4.39 Å². The smallest absolute Gasteiger partial charge is 0.125 e. The van der Waals surface area contributed by atoms with Gasteiger partial charge in [-0.15, -0.1) is 0 Å². The molecule has 0 unspecified atom stereocenters. The summed E-state index contributed by atoms with van der Waals surface area (Å²) in [4.78, 5) is 2.42. The van der Waals surface area contributed by atoms with Gasteiger partial charge in [-0.3, -0.25) is 0 Å². The molecule has 1 fully saturated rings. The zero-order chi connectivity index (χ0) is 14.0. The maximum Gasteiger partial charge on any atom is 0.125 e. The zero-order valence-corrected chi connectivity index (χ0v) is 13.6.